The molecule has 2 aromatic carbocycles. The van der Waals surface area contributed by atoms with Gasteiger partial charge in [0.15, 0.2) is 5.92 Å². The number of benzene rings is 2. The van der Waals surface area contributed by atoms with E-state index in [1.807, 2.05) is 18.2 Å². The van der Waals surface area contributed by atoms with Gasteiger partial charge in [-0.1, -0.05) is 30.3 Å². The fourth-order valence-corrected chi connectivity index (χ4v) is 4.31. The summed E-state index contributed by atoms with van der Waals surface area (Å²) < 4.78 is 12.1. The molecule has 3 aromatic rings. The zero-order chi connectivity index (χ0) is 23.5. The van der Waals surface area contributed by atoms with Gasteiger partial charge in [0, 0.05) is 26.3 Å². The fourth-order valence-electron chi connectivity index (χ4n) is 4.31. The van der Waals surface area contributed by atoms with Crippen molar-refractivity contribution in [3.8, 4) is 0 Å². The van der Waals surface area contributed by atoms with Crippen LogP contribution in [0.15, 0.2) is 48.5 Å². The third-order valence-electron chi connectivity index (χ3n) is 5.67. The molecule has 1 aliphatic heterocycles. The second-order valence-corrected chi connectivity index (χ2v) is 7.60. The maximum absolute atomic E-state index is 13.7. The Morgan fingerprint density at radius 3 is 2.64 bits per heavy atom. The molecule has 0 unspecified atom stereocenters. The van der Waals surface area contributed by atoms with Crippen molar-refractivity contribution in [3.63, 3.8) is 0 Å². The van der Waals surface area contributed by atoms with Gasteiger partial charge >= 0.3 is 5.97 Å². The fraction of sp³-hybridized carbons (Fsp3) is 0.348. The van der Waals surface area contributed by atoms with Gasteiger partial charge in [-0.3, -0.25) is 24.6 Å². The summed E-state index contributed by atoms with van der Waals surface area (Å²) in [7, 11) is 1.57. The van der Waals surface area contributed by atoms with Crippen molar-refractivity contribution in [3.05, 3.63) is 64.2 Å². The predicted molar refractivity (Wildman–Crippen MR) is 120 cm³/mol. The number of rotatable bonds is 8. The first-order valence-electron chi connectivity index (χ1n) is 10.7. The molecule has 0 bridgehead atoms. The molecule has 0 spiro atoms. The lowest BCUT2D eigenvalue weighted by molar-refractivity contribution is -0.385. The number of hydrogen-bond donors (Lipinski definition) is 0. The van der Waals surface area contributed by atoms with Gasteiger partial charge in [0.1, 0.15) is 0 Å². The molecule has 0 aliphatic carbocycles. The number of carbonyl (C=O) groups excluding carboxylic acids is 2. The highest BCUT2D eigenvalue weighted by Gasteiger charge is 2.49. The molecule has 10 heteroatoms. The largest absolute Gasteiger partial charge is 0.465 e. The molecule has 10 nitrogen and oxygen atoms in total. The first-order valence-corrected chi connectivity index (χ1v) is 10.7. The van der Waals surface area contributed by atoms with Crippen LogP contribution in [0.4, 0.5) is 11.6 Å². The maximum atomic E-state index is 13.7. The van der Waals surface area contributed by atoms with E-state index in [1.54, 1.807) is 42.9 Å². The number of fused-ring (bicyclic) bond motifs is 3. The average Bonchev–Trinajstić information content (AvgIpc) is 3.19. The first-order chi connectivity index (χ1) is 16.0. The summed E-state index contributed by atoms with van der Waals surface area (Å²) in [6.07, 6.45) is 0.525. The van der Waals surface area contributed by atoms with Gasteiger partial charge < -0.3 is 14.0 Å². The average molecular weight is 452 g/mol. The van der Waals surface area contributed by atoms with Crippen LogP contribution in [0.25, 0.3) is 11.0 Å². The molecule has 0 saturated carbocycles. The van der Waals surface area contributed by atoms with Gasteiger partial charge in [-0.05, 0) is 25.5 Å². The van der Waals surface area contributed by atoms with Gasteiger partial charge in [-0.15, -0.1) is 0 Å². The molecule has 0 saturated heterocycles. The van der Waals surface area contributed by atoms with Crippen LogP contribution in [0.3, 0.4) is 0 Å². The van der Waals surface area contributed by atoms with Gasteiger partial charge in [0.2, 0.25) is 11.9 Å². The summed E-state index contributed by atoms with van der Waals surface area (Å²) in [4.78, 5) is 44.3. The Morgan fingerprint density at radius 1 is 1.18 bits per heavy atom. The number of para-hydroxylation sites is 3. The lowest BCUT2D eigenvalue weighted by atomic mass is 9.88. The minimum Gasteiger partial charge on any atom is -0.465 e. The number of aromatic nitrogens is 2. The number of nitro groups is 1. The van der Waals surface area contributed by atoms with Crippen LogP contribution in [0.1, 0.15) is 24.9 Å². The summed E-state index contributed by atoms with van der Waals surface area (Å²) in [6, 6.07) is 12.4. The van der Waals surface area contributed by atoms with Crippen molar-refractivity contribution < 1.29 is 24.0 Å². The monoisotopic (exact) mass is 452 g/mol. The van der Waals surface area contributed by atoms with Gasteiger partial charge in [-0.2, -0.15) is 0 Å². The Labute approximate surface area is 189 Å². The van der Waals surface area contributed by atoms with Crippen LogP contribution in [0, 0.1) is 16.0 Å². The highest BCUT2D eigenvalue weighted by molar-refractivity contribution is 6.08. The van der Waals surface area contributed by atoms with E-state index in [1.165, 1.54) is 11.0 Å². The number of amides is 1. The molecule has 4 rings (SSSR count). The van der Waals surface area contributed by atoms with Crippen molar-refractivity contribution in [1.29, 1.82) is 0 Å². The van der Waals surface area contributed by atoms with Crippen molar-refractivity contribution in [2.45, 2.75) is 19.4 Å². The van der Waals surface area contributed by atoms with Crippen LogP contribution in [-0.4, -0.2) is 53.2 Å². The molecule has 1 aromatic heterocycles. The molecule has 2 atom stereocenters. The van der Waals surface area contributed by atoms with E-state index in [0.29, 0.717) is 30.0 Å². The highest BCUT2D eigenvalue weighted by Crippen LogP contribution is 2.43. The van der Waals surface area contributed by atoms with Crippen LogP contribution in [0.2, 0.25) is 0 Å². The van der Waals surface area contributed by atoms with E-state index in [9.17, 15) is 19.7 Å². The number of imidazole rings is 1. The Morgan fingerprint density at radius 2 is 1.91 bits per heavy atom. The summed E-state index contributed by atoms with van der Waals surface area (Å²) in [6.45, 7) is 2.42. The number of anilines is 1. The third-order valence-corrected chi connectivity index (χ3v) is 5.67. The van der Waals surface area contributed by atoms with Gasteiger partial charge in [0.05, 0.1) is 34.2 Å². The second-order valence-electron chi connectivity index (χ2n) is 7.60. The van der Waals surface area contributed by atoms with Gasteiger partial charge in [0.25, 0.3) is 5.69 Å². The lowest BCUT2D eigenvalue weighted by Crippen LogP contribution is -2.50. The van der Waals surface area contributed by atoms with Crippen LogP contribution in [0.5, 0.6) is 0 Å². The zero-order valence-corrected chi connectivity index (χ0v) is 18.3. The number of nitro benzene ring substituents is 1. The molecule has 0 fully saturated rings. The molecule has 2 heterocycles. The van der Waals surface area contributed by atoms with E-state index in [0.717, 1.165) is 0 Å². The second kappa shape index (κ2) is 9.37. The van der Waals surface area contributed by atoms with Crippen LogP contribution < -0.4 is 4.90 Å². The van der Waals surface area contributed by atoms with Gasteiger partial charge in [-0.25, -0.2) is 4.98 Å². The SMILES string of the molecule is CCOC(=O)[C@@H]1C(=O)N(CCCOC)c2nc3ccccc3n2[C@@H]1c1ccccc1[N+](=O)[O-]. The minimum atomic E-state index is -1.31. The number of methoxy groups -OCH3 is 1. The first kappa shape index (κ1) is 22.4. The van der Waals surface area contributed by atoms with Crippen LogP contribution in [-0.2, 0) is 19.1 Å². The molecule has 0 N–H and O–H groups in total. The Bertz CT molecular complexity index is 1210. The standard InChI is InChI=1S/C23H24N4O6/c1-3-33-22(29)19-20(15-9-4-6-11-17(15)27(30)31)26-18-12-7-5-10-16(18)24-23(26)25(21(19)28)13-8-14-32-2/h4-7,9-12,19-20H,3,8,13-14H2,1-2H3/t19-,20+/m0/s1. The Kier molecular flexibility index (Phi) is 6.36. The molecular formula is C23H24N4O6. The van der Waals surface area contributed by atoms with E-state index in [4.69, 9.17) is 9.47 Å². The topological polar surface area (TPSA) is 117 Å². The summed E-state index contributed by atoms with van der Waals surface area (Å²) >= 11 is 0. The number of hydrogen-bond acceptors (Lipinski definition) is 7. The number of ether oxygens (including phenoxy) is 2. The van der Waals surface area contributed by atoms with Crippen molar-refractivity contribution >= 4 is 34.5 Å². The number of nitrogens with zero attached hydrogens (tertiary/aromatic N) is 4. The van der Waals surface area contributed by atoms with E-state index >= 15 is 0 Å². The molecule has 172 valence electrons. The van der Waals surface area contributed by atoms with Crippen molar-refractivity contribution in [2.24, 2.45) is 5.92 Å². The summed E-state index contributed by atoms with van der Waals surface area (Å²) in [5.74, 6) is -2.21. The molecule has 1 amide bonds. The van der Waals surface area contributed by atoms with Crippen molar-refractivity contribution in [2.75, 3.05) is 31.8 Å². The van der Waals surface area contributed by atoms with Crippen LogP contribution >= 0.6 is 0 Å². The molecular weight excluding hydrogens is 428 g/mol. The van der Waals surface area contributed by atoms with E-state index < -0.39 is 28.8 Å². The maximum Gasteiger partial charge on any atom is 0.321 e. The Hall–Kier alpha value is -3.79. The van der Waals surface area contributed by atoms with E-state index in [-0.39, 0.29) is 24.4 Å². The van der Waals surface area contributed by atoms with E-state index in [2.05, 4.69) is 4.98 Å². The molecule has 1 aliphatic rings. The molecule has 0 radical (unpaired) electrons. The third kappa shape index (κ3) is 3.93. The smallest absolute Gasteiger partial charge is 0.321 e. The molecule has 33 heavy (non-hydrogen) atoms. The normalized spacial score (nSPS) is 17.8. The Balaban J connectivity index is 2.00. The lowest BCUT2D eigenvalue weighted by Gasteiger charge is -2.37. The highest BCUT2D eigenvalue weighted by atomic mass is 16.6. The summed E-state index contributed by atoms with van der Waals surface area (Å²) in [5.41, 5.74) is 1.34. The van der Waals surface area contributed by atoms with Crippen molar-refractivity contribution in [1.82, 2.24) is 9.55 Å². The number of carbonyl (C=O) groups is 2. The quantitative estimate of drug-likeness (QED) is 0.169. The predicted octanol–water partition coefficient (Wildman–Crippen LogP) is 3.10. The number of esters is 1. The minimum absolute atomic E-state index is 0.0768. The zero-order valence-electron chi connectivity index (χ0n) is 18.3. The summed E-state index contributed by atoms with van der Waals surface area (Å²) in [5, 5.41) is 11.9.